The van der Waals surface area contributed by atoms with E-state index in [1.54, 1.807) is 24.4 Å². The predicted octanol–water partition coefficient (Wildman–Crippen LogP) is 4.13. The zero-order chi connectivity index (χ0) is 14.5. The first-order valence-corrected chi connectivity index (χ1v) is 7.50. The van der Waals surface area contributed by atoms with Crippen LogP contribution in [-0.4, -0.2) is 24.4 Å². The third kappa shape index (κ3) is 3.43. The number of phenolic OH excluding ortho intramolecular Hbond substituents is 1. The van der Waals surface area contributed by atoms with Crippen molar-refractivity contribution >= 4 is 17.6 Å². The number of phenols is 1. The fraction of sp³-hybridized carbons (Fsp3) is 0.278. The number of hydrogen-bond donors (Lipinski definition) is 1. The van der Waals surface area contributed by atoms with E-state index in [2.05, 4.69) is 34.2 Å². The maximum absolute atomic E-state index is 9.68. The molecule has 1 N–H and O–H groups in total. The van der Waals surface area contributed by atoms with E-state index in [4.69, 9.17) is 0 Å². The standard InChI is InChI=1S/C18H20N2O/c21-18-7-3-2-6-17(18)19-14-15-8-10-16(11-9-15)20-12-4-1-5-13-20/h2-3,6-11,14,21H,1,4-5,12-13H2. The number of para-hydroxylation sites is 2. The fourth-order valence-electron chi connectivity index (χ4n) is 2.64. The average molecular weight is 280 g/mol. The monoisotopic (exact) mass is 280 g/mol. The second-order valence-electron chi connectivity index (χ2n) is 5.39. The van der Waals surface area contributed by atoms with Crippen molar-refractivity contribution in [3.8, 4) is 5.75 Å². The number of hydrogen-bond acceptors (Lipinski definition) is 3. The van der Waals surface area contributed by atoms with E-state index < -0.39 is 0 Å². The van der Waals surface area contributed by atoms with Gasteiger partial charge in [-0.05, 0) is 49.1 Å². The summed E-state index contributed by atoms with van der Waals surface area (Å²) < 4.78 is 0. The van der Waals surface area contributed by atoms with Crippen molar-refractivity contribution in [2.75, 3.05) is 18.0 Å². The van der Waals surface area contributed by atoms with Crippen LogP contribution in [0.25, 0.3) is 0 Å². The molecule has 108 valence electrons. The molecule has 2 aromatic carbocycles. The molecule has 0 bridgehead atoms. The summed E-state index contributed by atoms with van der Waals surface area (Å²) in [7, 11) is 0. The van der Waals surface area contributed by atoms with Crippen LogP contribution in [-0.2, 0) is 0 Å². The maximum atomic E-state index is 9.68. The molecule has 0 aromatic heterocycles. The minimum Gasteiger partial charge on any atom is -0.506 e. The van der Waals surface area contributed by atoms with E-state index in [1.165, 1.54) is 24.9 Å². The van der Waals surface area contributed by atoms with Crippen LogP contribution in [0.5, 0.6) is 5.75 Å². The molecule has 1 saturated heterocycles. The number of rotatable bonds is 3. The molecule has 2 aromatic rings. The Kier molecular flexibility index (Phi) is 4.20. The Balaban J connectivity index is 1.71. The molecule has 21 heavy (non-hydrogen) atoms. The van der Waals surface area contributed by atoms with Gasteiger partial charge in [-0.2, -0.15) is 0 Å². The molecule has 3 rings (SSSR count). The Labute approximate surface area is 125 Å². The van der Waals surface area contributed by atoms with Gasteiger partial charge in [0, 0.05) is 25.0 Å². The van der Waals surface area contributed by atoms with Crippen molar-refractivity contribution in [1.82, 2.24) is 0 Å². The molecule has 0 radical (unpaired) electrons. The van der Waals surface area contributed by atoms with E-state index in [0.717, 1.165) is 18.7 Å². The van der Waals surface area contributed by atoms with Crippen LogP contribution in [0.4, 0.5) is 11.4 Å². The van der Waals surface area contributed by atoms with Crippen LogP contribution in [0.2, 0.25) is 0 Å². The van der Waals surface area contributed by atoms with E-state index >= 15 is 0 Å². The molecule has 3 heteroatoms. The smallest absolute Gasteiger partial charge is 0.141 e. The van der Waals surface area contributed by atoms with Gasteiger partial charge in [0.25, 0.3) is 0 Å². The van der Waals surface area contributed by atoms with Crippen molar-refractivity contribution in [1.29, 1.82) is 0 Å². The molecular formula is C18H20N2O. The van der Waals surface area contributed by atoms with Crippen molar-refractivity contribution in [3.05, 3.63) is 54.1 Å². The minimum atomic E-state index is 0.207. The molecule has 1 aliphatic rings. The van der Waals surface area contributed by atoms with Gasteiger partial charge in [-0.15, -0.1) is 0 Å². The lowest BCUT2D eigenvalue weighted by atomic mass is 10.1. The Morgan fingerprint density at radius 3 is 2.33 bits per heavy atom. The average Bonchev–Trinajstić information content (AvgIpc) is 2.55. The Morgan fingerprint density at radius 1 is 0.905 bits per heavy atom. The van der Waals surface area contributed by atoms with Crippen LogP contribution in [0, 0.1) is 0 Å². The van der Waals surface area contributed by atoms with Crippen LogP contribution >= 0.6 is 0 Å². The summed E-state index contributed by atoms with van der Waals surface area (Å²) in [5.74, 6) is 0.207. The third-order valence-corrected chi connectivity index (χ3v) is 3.85. The van der Waals surface area contributed by atoms with Crippen molar-refractivity contribution in [3.63, 3.8) is 0 Å². The van der Waals surface area contributed by atoms with Gasteiger partial charge in [0.1, 0.15) is 11.4 Å². The molecule has 1 aliphatic heterocycles. The van der Waals surface area contributed by atoms with Crippen LogP contribution < -0.4 is 4.90 Å². The van der Waals surface area contributed by atoms with E-state index in [1.807, 2.05) is 6.07 Å². The van der Waals surface area contributed by atoms with Crippen LogP contribution in [0.3, 0.4) is 0 Å². The van der Waals surface area contributed by atoms with Crippen LogP contribution in [0.1, 0.15) is 24.8 Å². The Hall–Kier alpha value is -2.29. The maximum Gasteiger partial charge on any atom is 0.141 e. The van der Waals surface area contributed by atoms with E-state index in [-0.39, 0.29) is 5.75 Å². The van der Waals surface area contributed by atoms with Crippen molar-refractivity contribution in [2.45, 2.75) is 19.3 Å². The Morgan fingerprint density at radius 2 is 1.62 bits per heavy atom. The number of piperidine rings is 1. The fourth-order valence-corrected chi connectivity index (χ4v) is 2.64. The molecule has 0 atom stereocenters. The summed E-state index contributed by atoms with van der Waals surface area (Å²) >= 11 is 0. The van der Waals surface area contributed by atoms with Gasteiger partial charge in [0.15, 0.2) is 0 Å². The highest BCUT2D eigenvalue weighted by molar-refractivity contribution is 5.83. The Bertz CT molecular complexity index is 613. The lowest BCUT2D eigenvalue weighted by Crippen LogP contribution is -2.29. The molecular weight excluding hydrogens is 260 g/mol. The first-order valence-electron chi connectivity index (χ1n) is 7.50. The molecule has 0 aliphatic carbocycles. The summed E-state index contributed by atoms with van der Waals surface area (Å²) in [5, 5.41) is 9.68. The van der Waals surface area contributed by atoms with Gasteiger partial charge in [0.2, 0.25) is 0 Å². The number of nitrogens with zero attached hydrogens (tertiary/aromatic N) is 2. The summed E-state index contributed by atoms with van der Waals surface area (Å²) in [5.41, 5.74) is 2.92. The highest BCUT2D eigenvalue weighted by atomic mass is 16.3. The van der Waals surface area contributed by atoms with E-state index in [0.29, 0.717) is 5.69 Å². The molecule has 0 unspecified atom stereocenters. The van der Waals surface area contributed by atoms with Crippen molar-refractivity contribution < 1.29 is 5.11 Å². The number of benzene rings is 2. The van der Waals surface area contributed by atoms with Gasteiger partial charge in [-0.1, -0.05) is 24.3 Å². The number of anilines is 1. The third-order valence-electron chi connectivity index (χ3n) is 3.85. The topological polar surface area (TPSA) is 35.8 Å². The number of aliphatic imine (C=N–C) groups is 1. The van der Waals surface area contributed by atoms with Gasteiger partial charge in [-0.25, -0.2) is 0 Å². The SMILES string of the molecule is Oc1ccccc1N=Cc1ccc(N2CCCCC2)cc1. The van der Waals surface area contributed by atoms with Crippen molar-refractivity contribution in [2.24, 2.45) is 4.99 Å². The van der Waals surface area contributed by atoms with Gasteiger partial charge >= 0.3 is 0 Å². The van der Waals surface area contributed by atoms with Gasteiger partial charge in [0.05, 0.1) is 0 Å². The highest BCUT2D eigenvalue weighted by Crippen LogP contribution is 2.25. The predicted molar refractivity (Wildman–Crippen MR) is 87.9 cm³/mol. The van der Waals surface area contributed by atoms with Gasteiger partial charge in [-0.3, -0.25) is 4.99 Å². The lowest BCUT2D eigenvalue weighted by molar-refractivity contribution is 0.477. The van der Waals surface area contributed by atoms with Gasteiger partial charge < -0.3 is 10.0 Å². The van der Waals surface area contributed by atoms with Crippen LogP contribution in [0.15, 0.2) is 53.5 Å². The molecule has 0 spiro atoms. The normalized spacial score (nSPS) is 15.5. The summed E-state index contributed by atoms with van der Waals surface area (Å²) in [6, 6.07) is 15.6. The largest absolute Gasteiger partial charge is 0.506 e. The lowest BCUT2D eigenvalue weighted by Gasteiger charge is -2.28. The summed E-state index contributed by atoms with van der Waals surface area (Å²) in [4.78, 5) is 6.77. The first-order chi connectivity index (χ1) is 10.3. The molecule has 1 fully saturated rings. The number of aromatic hydroxyl groups is 1. The quantitative estimate of drug-likeness (QED) is 0.858. The molecule has 0 amide bonds. The zero-order valence-corrected chi connectivity index (χ0v) is 12.1. The minimum absolute atomic E-state index is 0.207. The summed E-state index contributed by atoms with van der Waals surface area (Å²) in [6.07, 6.45) is 5.71. The zero-order valence-electron chi connectivity index (χ0n) is 12.1. The molecule has 0 saturated carbocycles. The second-order valence-corrected chi connectivity index (χ2v) is 5.39. The van der Waals surface area contributed by atoms with E-state index in [9.17, 15) is 5.11 Å². The second kappa shape index (κ2) is 6.44. The molecule has 3 nitrogen and oxygen atoms in total. The highest BCUT2D eigenvalue weighted by Gasteiger charge is 2.10. The summed E-state index contributed by atoms with van der Waals surface area (Å²) in [6.45, 7) is 2.32. The molecule has 1 heterocycles. The first kappa shape index (κ1) is 13.7.